The Balaban J connectivity index is 1.16. The predicted octanol–water partition coefficient (Wildman–Crippen LogP) is 9.55. The third kappa shape index (κ3) is 3.36. The van der Waals surface area contributed by atoms with Crippen LogP contribution in [-0.4, -0.2) is 14.5 Å². The number of hydrogen-bond acceptors (Lipinski definition) is 4. The molecule has 0 spiro atoms. The normalized spacial score (nSPS) is 11.9. The first-order valence-corrected chi connectivity index (χ1v) is 13.6. The van der Waals surface area contributed by atoms with Gasteiger partial charge in [-0.25, -0.2) is 4.98 Å². The lowest BCUT2D eigenvalue weighted by molar-refractivity contribution is 0.664. The second-order valence-electron chi connectivity index (χ2n) is 10.3. The SMILES string of the molecule is c1ccc(-c2nc3cnccc3n2-c2ccc(-c3ccc4oc5cc6c(cc5c4c3)oc3ccccc36)cc2)cc1. The molecular weight excluding hydrogens is 506 g/mol. The highest BCUT2D eigenvalue weighted by Gasteiger charge is 2.16. The lowest BCUT2D eigenvalue weighted by Crippen LogP contribution is -1.97. The van der Waals surface area contributed by atoms with E-state index in [1.165, 1.54) is 0 Å². The first-order chi connectivity index (χ1) is 20.3. The van der Waals surface area contributed by atoms with Crippen LogP contribution in [0.1, 0.15) is 0 Å². The molecule has 5 heteroatoms. The van der Waals surface area contributed by atoms with Gasteiger partial charge in [0.05, 0.1) is 11.7 Å². The number of furan rings is 2. The second kappa shape index (κ2) is 8.41. The lowest BCUT2D eigenvalue weighted by atomic mass is 10.0. The molecule has 0 aliphatic carbocycles. The quantitative estimate of drug-likeness (QED) is 0.230. The lowest BCUT2D eigenvalue weighted by Gasteiger charge is -2.11. The van der Waals surface area contributed by atoms with Crippen LogP contribution in [0.2, 0.25) is 0 Å². The van der Waals surface area contributed by atoms with Crippen molar-refractivity contribution < 1.29 is 8.83 Å². The number of imidazole rings is 1. The van der Waals surface area contributed by atoms with E-state index in [2.05, 4.69) is 82.3 Å². The van der Waals surface area contributed by atoms with Crippen LogP contribution in [0.3, 0.4) is 0 Å². The number of hydrogen-bond donors (Lipinski definition) is 0. The summed E-state index contributed by atoms with van der Waals surface area (Å²) in [5.41, 5.74) is 9.73. The minimum absolute atomic E-state index is 0.862. The Kier molecular flexibility index (Phi) is 4.55. The van der Waals surface area contributed by atoms with E-state index in [1.807, 2.05) is 54.9 Å². The summed E-state index contributed by atoms with van der Waals surface area (Å²) in [5.74, 6) is 0.893. The van der Waals surface area contributed by atoms with E-state index in [4.69, 9.17) is 13.8 Å². The zero-order valence-corrected chi connectivity index (χ0v) is 21.8. The van der Waals surface area contributed by atoms with Gasteiger partial charge in [-0.1, -0.05) is 66.7 Å². The number of aromatic nitrogens is 3. The van der Waals surface area contributed by atoms with Crippen molar-refractivity contribution in [2.75, 3.05) is 0 Å². The van der Waals surface area contributed by atoms with E-state index < -0.39 is 0 Å². The molecule has 0 saturated carbocycles. The van der Waals surface area contributed by atoms with Gasteiger partial charge in [0.1, 0.15) is 33.7 Å². The molecule has 0 bridgehead atoms. The summed E-state index contributed by atoms with van der Waals surface area (Å²) in [7, 11) is 0. The van der Waals surface area contributed by atoms with Crippen LogP contribution < -0.4 is 0 Å². The molecule has 41 heavy (non-hydrogen) atoms. The molecule has 0 aliphatic heterocycles. The van der Waals surface area contributed by atoms with Crippen LogP contribution in [-0.2, 0) is 0 Å². The molecule has 0 aliphatic rings. The Morgan fingerprint density at radius 3 is 2.02 bits per heavy atom. The molecule has 9 aromatic rings. The summed E-state index contributed by atoms with van der Waals surface area (Å²) in [6.45, 7) is 0. The van der Waals surface area contributed by atoms with Crippen molar-refractivity contribution in [2.45, 2.75) is 0 Å². The van der Waals surface area contributed by atoms with Crippen LogP contribution in [0.15, 0.2) is 136 Å². The second-order valence-corrected chi connectivity index (χ2v) is 10.3. The third-order valence-corrected chi connectivity index (χ3v) is 7.92. The molecule has 0 amide bonds. The first-order valence-electron chi connectivity index (χ1n) is 13.6. The van der Waals surface area contributed by atoms with Gasteiger partial charge in [-0.2, -0.15) is 0 Å². The minimum Gasteiger partial charge on any atom is -0.456 e. The topological polar surface area (TPSA) is 57.0 Å². The van der Waals surface area contributed by atoms with Gasteiger partial charge in [-0.3, -0.25) is 9.55 Å². The van der Waals surface area contributed by atoms with E-state index in [0.29, 0.717) is 0 Å². The van der Waals surface area contributed by atoms with Crippen LogP contribution in [0.4, 0.5) is 0 Å². The maximum absolute atomic E-state index is 6.28. The Morgan fingerprint density at radius 2 is 1.20 bits per heavy atom. The van der Waals surface area contributed by atoms with Crippen LogP contribution >= 0.6 is 0 Å². The molecule has 0 radical (unpaired) electrons. The average Bonchev–Trinajstić information content (AvgIpc) is 3.71. The fraction of sp³-hybridized carbons (Fsp3) is 0. The Morgan fingerprint density at radius 1 is 0.512 bits per heavy atom. The van der Waals surface area contributed by atoms with Crippen LogP contribution in [0, 0.1) is 0 Å². The number of rotatable bonds is 3. The number of fused-ring (bicyclic) bond motifs is 7. The summed E-state index contributed by atoms with van der Waals surface area (Å²) in [6, 6.07) is 39.6. The van der Waals surface area contributed by atoms with Gasteiger partial charge in [0.25, 0.3) is 0 Å². The molecule has 0 unspecified atom stereocenters. The molecule has 9 rings (SSSR count). The summed E-state index contributed by atoms with van der Waals surface area (Å²) in [4.78, 5) is 9.20. The minimum atomic E-state index is 0.862. The highest BCUT2D eigenvalue weighted by molar-refractivity contribution is 6.15. The van der Waals surface area contributed by atoms with Crippen molar-refractivity contribution in [1.29, 1.82) is 0 Å². The summed E-state index contributed by atoms with van der Waals surface area (Å²) in [5, 5.41) is 4.29. The Hall–Kier alpha value is -5.68. The standard InChI is InChI=1S/C36H21N3O2/c1-2-6-23(7-3-1)36-38-30-21-37-17-16-31(30)39(36)25-13-10-22(11-14-25)24-12-15-33-27(18-24)29-20-34-28(19-35(29)41-33)26-8-4-5-9-32(26)40-34/h1-21H. The highest BCUT2D eigenvalue weighted by Crippen LogP contribution is 2.38. The van der Waals surface area contributed by atoms with Gasteiger partial charge in [0.15, 0.2) is 0 Å². The van der Waals surface area contributed by atoms with Gasteiger partial charge in [-0.05, 0) is 59.7 Å². The van der Waals surface area contributed by atoms with Crippen molar-refractivity contribution in [3.05, 3.63) is 128 Å². The maximum atomic E-state index is 6.28. The van der Waals surface area contributed by atoms with Crippen molar-refractivity contribution in [1.82, 2.24) is 14.5 Å². The number of nitrogens with zero attached hydrogens (tertiary/aromatic N) is 3. The summed E-state index contributed by atoms with van der Waals surface area (Å²) < 4.78 is 14.6. The molecule has 0 fully saturated rings. The van der Waals surface area contributed by atoms with Crippen molar-refractivity contribution >= 4 is 54.9 Å². The van der Waals surface area contributed by atoms with Crippen LogP contribution in [0.25, 0.3) is 83.1 Å². The highest BCUT2D eigenvalue weighted by atomic mass is 16.3. The van der Waals surface area contributed by atoms with Crippen molar-refractivity contribution in [2.24, 2.45) is 0 Å². The molecule has 0 atom stereocenters. The van der Waals surface area contributed by atoms with Crippen LogP contribution in [0.5, 0.6) is 0 Å². The van der Waals surface area contributed by atoms with Gasteiger partial charge < -0.3 is 8.83 Å². The Bertz CT molecular complexity index is 2410. The van der Waals surface area contributed by atoms with Gasteiger partial charge in [-0.15, -0.1) is 0 Å². The van der Waals surface area contributed by atoms with E-state index in [-0.39, 0.29) is 0 Å². The molecule has 4 aromatic heterocycles. The largest absolute Gasteiger partial charge is 0.456 e. The Labute approximate surface area is 233 Å². The molecule has 0 saturated heterocycles. The van der Waals surface area contributed by atoms with Crippen molar-refractivity contribution in [3.8, 4) is 28.2 Å². The zero-order valence-electron chi connectivity index (χ0n) is 21.8. The van der Waals surface area contributed by atoms with Gasteiger partial charge in [0.2, 0.25) is 0 Å². The molecule has 4 heterocycles. The monoisotopic (exact) mass is 527 g/mol. The molecule has 5 nitrogen and oxygen atoms in total. The fourth-order valence-electron chi connectivity index (χ4n) is 5.95. The molecular formula is C36H21N3O2. The van der Waals surface area contributed by atoms with Gasteiger partial charge >= 0.3 is 0 Å². The molecule has 192 valence electrons. The fourth-order valence-corrected chi connectivity index (χ4v) is 5.95. The average molecular weight is 528 g/mol. The van der Waals surface area contributed by atoms with E-state index in [1.54, 1.807) is 0 Å². The number of para-hydroxylation sites is 1. The molecule has 5 aromatic carbocycles. The zero-order chi connectivity index (χ0) is 26.9. The predicted molar refractivity (Wildman–Crippen MR) is 164 cm³/mol. The van der Waals surface area contributed by atoms with E-state index >= 15 is 0 Å². The smallest absolute Gasteiger partial charge is 0.145 e. The van der Waals surface area contributed by atoms with Crippen molar-refractivity contribution in [3.63, 3.8) is 0 Å². The summed E-state index contributed by atoms with van der Waals surface area (Å²) >= 11 is 0. The first kappa shape index (κ1) is 22.2. The molecule has 0 N–H and O–H groups in total. The van der Waals surface area contributed by atoms with E-state index in [0.717, 1.165) is 83.1 Å². The number of pyridine rings is 1. The third-order valence-electron chi connectivity index (χ3n) is 7.92. The number of benzene rings is 5. The summed E-state index contributed by atoms with van der Waals surface area (Å²) in [6.07, 6.45) is 3.63. The van der Waals surface area contributed by atoms with Gasteiger partial charge in [0, 0.05) is 39.0 Å². The maximum Gasteiger partial charge on any atom is 0.145 e. The van der Waals surface area contributed by atoms with E-state index in [9.17, 15) is 0 Å².